The fourth-order valence-corrected chi connectivity index (χ4v) is 2.32. The average molecular weight is 372 g/mol. The maximum absolute atomic E-state index is 10.9. The maximum atomic E-state index is 10.9. The lowest BCUT2D eigenvalue weighted by Crippen LogP contribution is -2.19. The zero-order valence-electron chi connectivity index (χ0n) is 13.6. The Kier molecular flexibility index (Phi) is 5.09. The number of carbonyl (C=O) groups is 1. The summed E-state index contributed by atoms with van der Waals surface area (Å²) in [6.07, 6.45) is 2.97. The van der Waals surface area contributed by atoms with E-state index in [9.17, 15) is 4.79 Å². The lowest BCUT2D eigenvalue weighted by atomic mass is 10.2. The summed E-state index contributed by atoms with van der Waals surface area (Å²) in [4.78, 5) is 27.6. The minimum Gasteiger partial charge on any atom is -0.437 e. The van der Waals surface area contributed by atoms with Crippen LogP contribution in [0.1, 0.15) is 0 Å². The highest BCUT2D eigenvalue weighted by atomic mass is 35.5. The Balaban J connectivity index is 1.92. The number of urea groups is 1. The first-order valence-corrected chi connectivity index (χ1v) is 7.80. The molecule has 0 atom stereocenters. The molecule has 0 radical (unpaired) electrons. The number of amides is 2. The Morgan fingerprint density at radius 1 is 1.23 bits per heavy atom. The van der Waals surface area contributed by atoms with Crippen molar-refractivity contribution in [3.8, 4) is 23.0 Å². The first kappa shape index (κ1) is 17.4. The number of halogens is 1. The van der Waals surface area contributed by atoms with Gasteiger partial charge in [-0.1, -0.05) is 11.6 Å². The van der Waals surface area contributed by atoms with Crippen molar-refractivity contribution >= 4 is 29.3 Å². The number of nitrogens with two attached hydrogens (primary N) is 1. The number of nitrogens with zero attached hydrogens (tertiary/aromatic N) is 4. The third-order valence-corrected chi connectivity index (χ3v) is 3.51. The van der Waals surface area contributed by atoms with Gasteiger partial charge in [0, 0.05) is 18.9 Å². The number of pyridine rings is 1. The van der Waals surface area contributed by atoms with Crippen molar-refractivity contribution in [1.29, 1.82) is 0 Å². The molecule has 0 aliphatic rings. The maximum Gasteiger partial charge on any atom is 0.316 e. The highest BCUT2D eigenvalue weighted by Crippen LogP contribution is 2.34. The van der Waals surface area contributed by atoms with Crippen molar-refractivity contribution in [3.05, 3.63) is 47.9 Å². The number of nitrogens with one attached hydrogen (secondary N) is 2. The highest BCUT2D eigenvalue weighted by molar-refractivity contribution is 6.32. The van der Waals surface area contributed by atoms with Crippen LogP contribution in [-0.2, 0) is 0 Å². The predicted molar refractivity (Wildman–Crippen MR) is 97.3 cm³/mol. The fourth-order valence-electron chi connectivity index (χ4n) is 2.10. The van der Waals surface area contributed by atoms with Gasteiger partial charge < -0.3 is 21.1 Å². The predicted octanol–water partition coefficient (Wildman–Crippen LogP) is 2.91. The number of hydrogen-bond acceptors (Lipinski definition) is 7. The average Bonchev–Trinajstić information content (AvgIpc) is 2.64. The summed E-state index contributed by atoms with van der Waals surface area (Å²) in [7, 11) is 1.71. The monoisotopic (exact) mass is 371 g/mol. The molecule has 10 heteroatoms. The number of hydrogen-bond donors (Lipinski definition) is 3. The summed E-state index contributed by atoms with van der Waals surface area (Å²) >= 11 is 6.21. The third-order valence-electron chi connectivity index (χ3n) is 3.21. The quantitative estimate of drug-likeness (QED) is 0.628. The van der Waals surface area contributed by atoms with E-state index in [4.69, 9.17) is 22.1 Å². The van der Waals surface area contributed by atoms with Gasteiger partial charge in [0.2, 0.25) is 11.8 Å². The van der Waals surface area contributed by atoms with Gasteiger partial charge in [0.15, 0.2) is 5.82 Å². The number of aromatic nitrogens is 4. The molecule has 2 amide bonds. The van der Waals surface area contributed by atoms with E-state index in [-0.39, 0.29) is 10.9 Å². The molecule has 0 bridgehead atoms. The molecule has 1 aromatic carbocycles. The number of anilines is 2. The van der Waals surface area contributed by atoms with Crippen LogP contribution in [0.25, 0.3) is 11.4 Å². The molecule has 132 valence electrons. The van der Waals surface area contributed by atoms with E-state index in [0.717, 1.165) is 0 Å². The van der Waals surface area contributed by atoms with Crippen molar-refractivity contribution in [2.45, 2.75) is 0 Å². The summed E-state index contributed by atoms with van der Waals surface area (Å²) < 4.78 is 5.82. The van der Waals surface area contributed by atoms with E-state index in [2.05, 4.69) is 30.6 Å². The van der Waals surface area contributed by atoms with E-state index in [1.165, 1.54) is 12.4 Å². The fraction of sp³-hybridized carbons (Fsp3) is 0.0625. The van der Waals surface area contributed by atoms with Crippen molar-refractivity contribution in [3.63, 3.8) is 0 Å². The van der Waals surface area contributed by atoms with E-state index in [0.29, 0.717) is 28.8 Å². The van der Waals surface area contributed by atoms with Gasteiger partial charge in [-0.25, -0.2) is 19.7 Å². The SMILES string of the molecule is CNc1ncnc(-c2cccnc2Oc2ccc(NC(N)=O)cc2Cl)n1. The highest BCUT2D eigenvalue weighted by Gasteiger charge is 2.14. The minimum absolute atomic E-state index is 0.276. The van der Waals surface area contributed by atoms with Crippen molar-refractivity contribution in [2.24, 2.45) is 5.73 Å². The van der Waals surface area contributed by atoms with Gasteiger partial charge in [-0.05, 0) is 30.3 Å². The van der Waals surface area contributed by atoms with Crippen LogP contribution in [0.2, 0.25) is 5.02 Å². The van der Waals surface area contributed by atoms with Crippen LogP contribution in [0.15, 0.2) is 42.9 Å². The smallest absolute Gasteiger partial charge is 0.316 e. The van der Waals surface area contributed by atoms with Crippen LogP contribution in [0.4, 0.5) is 16.4 Å². The van der Waals surface area contributed by atoms with Crippen LogP contribution in [0.5, 0.6) is 11.6 Å². The standard InChI is InChI=1S/C16H14ClN7O2/c1-19-16-22-8-21-13(24-16)10-3-2-6-20-14(10)26-12-5-4-9(7-11(12)17)23-15(18)25/h2-8H,1H3,(H3,18,23,25)(H,19,21,22,24). The molecule has 3 aromatic rings. The molecule has 4 N–H and O–H groups in total. The summed E-state index contributed by atoms with van der Waals surface area (Å²) in [5, 5.41) is 5.56. The molecule has 9 nitrogen and oxygen atoms in total. The van der Waals surface area contributed by atoms with E-state index in [1.54, 1.807) is 37.5 Å². The molecule has 0 saturated carbocycles. The Morgan fingerprint density at radius 3 is 2.81 bits per heavy atom. The van der Waals surface area contributed by atoms with Gasteiger partial charge in [-0.15, -0.1) is 0 Å². The lowest BCUT2D eigenvalue weighted by Gasteiger charge is -2.11. The van der Waals surface area contributed by atoms with Gasteiger partial charge in [-0.3, -0.25) is 0 Å². The van der Waals surface area contributed by atoms with Crippen molar-refractivity contribution < 1.29 is 9.53 Å². The molecular formula is C16H14ClN7O2. The van der Waals surface area contributed by atoms with E-state index >= 15 is 0 Å². The summed E-state index contributed by atoms with van der Waals surface area (Å²) in [6.45, 7) is 0. The summed E-state index contributed by atoms with van der Waals surface area (Å²) in [6, 6.07) is 7.55. The third kappa shape index (κ3) is 3.95. The Labute approximate surface area is 153 Å². The zero-order chi connectivity index (χ0) is 18.5. The van der Waals surface area contributed by atoms with Crippen LogP contribution in [0, 0.1) is 0 Å². The number of carbonyl (C=O) groups excluding carboxylic acids is 1. The largest absolute Gasteiger partial charge is 0.437 e. The molecule has 0 saturated heterocycles. The topological polar surface area (TPSA) is 128 Å². The number of rotatable bonds is 5. The number of ether oxygens (including phenoxy) is 1. The molecule has 0 unspecified atom stereocenters. The second-order valence-corrected chi connectivity index (χ2v) is 5.38. The van der Waals surface area contributed by atoms with Gasteiger partial charge in [0.25, 0.3) is 0 Å². The molecule has 0 spiro atoms. The summed E-state index contributed by atoms with van der Waals surface area (Å²) in [5.74, 6) is 1.45. The van der Waals surface area contributed by atoms with Crippen molar-refractivity contribution in [1.82, 2.24) is 19.9 Å². The minimum atomic E-state index is -0.683. The Hall–Kier alpha value is -3.46. The lowest BCUT2D eigenvalue weighted by molar-refractivity contribution is 0.259. The van der Waals surface area contributed by atoms with E-state index in [1.807, 2.05) is 0 Å². The molecule has 2 aromatic heterocycles. The van der Waals surface area contributed by atoms with Crippen LogP contribution in [-0.4, -0.2) is 33.0 Å². The zero-order valence-corrected chi connectivity index (χ0v) is 14.4. The first-order chi connectivity index (χ1) is 12.6. The molecule has 0 aliphatic carbocycles. The molecule has 0 fully saturated rings. The molecule has 0 aliphatic heterocycles. The van der Waals surface area contributed by atoms with Gasteiger partial charge >= 0.3 is 6.03 Å². The summed E-state index contributed by atoms with van der Waals surface area (Å²) in [5.41, 5.74) is 6.11. The number of benzene rings is 1. The molecule has 26 heavy (non-hydrogen) atoms. The van der Waals surface area contributed by atoms with Crippen LogP contribution < -0.4 is 21.1 Å². The normalized spacial score (nSPS) is 10.2. The number of primary amides is 1. The van der Waals surface area contributed by atoms with Crippen LogP contribution >= 0.6 is 11.6 Å². The molecule has 2 heterocycles. The molecule has 3 rings (SSSR count). The van der Waals surface area contributed by atoms with Gasteiger partial charge in [0.05, 0.1) is 10.6 Å². The second kappa shape index (κ2) is 7.62. The van der Waals surface area contributed by atoms with E-state index < -0.39 is 6.03 Å². The van der Waals surface area contributed by atoms with Gasteiger partial charge in [-0.2, -0.15) is 4.98 Å². The van der Waals surface area contributed by atoms with Crippen LogP contribution in [0.3, 0.4) is 0 Å². The molecular weight excluding hydrogens is 358 g/mol. The Morgan fingerprint density at radius 2 is 2.08 bits per heavy atom. The van der Waals surface area contributed by atoms with Crippen molar-refractivity contribution in [2.75, 3.05) is 17.7 Å². The first-order valence-electron chi connectivity index (χ1n) is 7.43. The van der Waals surface area contributed by atoms with Gasteiger partial charge in [0.1, 0.15) is 12.1 Å². The Bertz CT molecular complexity index is 951. The second-order valence-electron chi connectivity index (χ2n) is 4.98.